The van der Waals surface area contributed by atoms with Gasteiger partial charge in [-0.2, -0.15) is 0 Å². The molecular formula is C17H16N2O. The van der Waals surface area contributed by atoms with Crippen LogP contribution < -0.4 is 5.73 Å². The lowest BCUT2D eigenvalue weighted by Gasteiger charge is -2.13. The summed E-state index contributed by atoms with van der Waals surface area (Å²) in [6.45, 7) is 0. The van der Waals surface area contributed by atoms with Crippen molar-refractivity contribution in [3.05, 3.63) is 71.9 Å². The fraction of sp³-hybridized carbons (Fsp3) is 0.118. The molecule has 0 unspecified atom stereocenters. The van der Waals surface area contributed by atoms with Crippen LogP contribution in [0, 0.1) is 0 Å². The molecule has 3 aromatic rings. The molecule has 0 fully saturated rings. The Hall–Kier alpha value is -2.39. The van der Waals surface area contributed by atoms with Gasteiger partial charge in [0.1, 0.15) is 5.75 Å². The van der Waals surface area contributed by atoms with E-state index in [0.717, 1.165) is 22.2 Å². The first-order valence-corrected chi connectivity index (χ1v) is 6.62. The number of benzene rings is 2. The average molecular weight is 264 g/mol. The topological polar surface area (TPSA) is 59.1 Å². The fourth-order valence-electron chi connectivity index (χ4n) is 2.36. The number of nitrogens with two attached hydrogens (primary N) is 1. The highest BCUT2D eigenvalue weighted by atomic mass is 16.3. The predicted molar refractivity (Wildman–Crippen MR) is 80.5 cm³/mol. The van der Waals surface area contributed by atoms with E-state index >= 15 is 0 Å². The standard InChI is InChI=1S/C17H16N2O/c18-15(14-6-2-4-8-17(14)20)11-13-10-9-12-5-1-3-7-16(12)19-13/h1-10,15,20H,11,18H2/t15-/m1/s1. The maximum absolute atomic E-state index is 9.83. The van der Waals surface area contributed by atoms with Crippen molar-refractivity contribution in [1.82, 2.24) is 4.98 Å². The highest BCUT2D eigenvalue weighted by Gasteiger charge is 2.11. The van der Waals surface area contributed by atoms with E-state index in [4.69, 9.17) is 5.73 Å². The van der Waals surface area contributed by atoms with E-state index < -0.39 is 0 Å². The second-order valence-electron chi connectivity index (χ2n) is 4.86. The lowest BCUT2D eigenvalue weighted by Crippen LogP contribution is -2.14. The van der Waals surface area contributed by atoms with Crippen LogP contribution in [0.5, 0.6) is 5.75 Å². The number of hydrogen-bond donors (Lipinski definition) is 2. The lowest BCUT2D eigenvalue weighted by molar-refractivity contribution is 0.461. The minimum atomic E-state index is -0.259. The zero-order chi connectivity index (χ0) is 13.9. The Morgan fingerprint density at radius 1 is 0.950 bits per heavy atom. The van der Waals surface area contributed by atoms with Gasteiger partial charge in [-0.1, -0.05) is 42.5 Å². The molecule has 1 aromatic heterocycles. The largest absolute Gasteiger partial charge is 0.508 e. The second kappa shape index (κ2) is 5.31. The molecule has 0 aliphatic carbocycles. The molecule has 1 atom stereocenters. The molecule has 0 spiro atoms. The van der Waals surface area contributed by atoms with Crippen LogP contribution in [0.15, 0.2) is 60.7 Å². The lowest BCUT2D eigenvalue weighted by atomic mass is 10.0. The molecule has 1 heterocycles. The third kappa shape index (κ3) is 2.49. The van der Waals surface area contributed by atoms with Crippen molar-refractivity contribution in [3.8, 4) is 5.75 Å². The molecule has 0 aliphatic rings. The van der Waals surface area contributed by atoms with Crippen LogP contribution in [0.2, 0.25) is 0 Å². The molecule has 2 aromatic carbocycles. The predicted octanol–water partition coefficient (Wildman–Crippen LogP) is 3.18. The summed E-state index contributed by atoms with van der Waals surface area (Å²) in [6.07, 6.45) is 0.600. The Labute approximate surface area is 117 Å². The molecule has 3 rings (SSSR count). The van der Waals surface area contributed by atoms with Crippen molar-refractivity contribution in [1.29, 1.82) is 0 Å². The summed E-state index contributed by atoms with van der Waals surface area (Å²) in [4.78, 5) is 4.61. The van der Waals surface area contributed by atoms with Crippen LogP contribution in [0.3, 0.4) is 0 Å². The highest BCUT2D eigenvalue weighted by Crippen LogP contribution is 2.24. The van der Waals surface area contributed by atoms with Crippen molar-refractivity contribution in [2.75, 3.05) is 0 Å². The van der Waals surface area contributed by atoms with Gasteiger partial charge < -0.3 is 10.8 Å². The molecule has 3 N–H and O–H groups in total. The second-order valence-corrected chi connectivity index (χ2v) is 4.86. The van der Waals surface area contributed by atoms with Gasteiger partial charge in [-0.15, -0.1) is 0 Å². The number of rotatable bonds is 3. The van der Waals surface area contributed by atoms with Gasteiger partial charge in [0.15, 0.2) is 0 Å². The summed E-state index contributed by atoms with van der Waals surface area (Å²) in [5.41, 5.74) is 8.82. The normalized spacial score (nSPS) is 12.4. The van der Waals surface area contributed by atoms with Crippen molar-refractivity contribution in [2.45, 2.75) is 12.5 Å². The molecule has 20 heavy (non-hydrogen) atoms. The fourth-order valence-corrected chi connectivity index (χ4v) is 2.36. The van der Waals surface area contributed by atoms with Crippen LogP contribution in [0.4, 0.5) is 0 Å². The Morgan fingerprint density at radius 2 is 1.70 bits per heavy atom. The summed E-state index contributed by atoms with van der Waals surface area (Å²) < 4.78 is 0. The number of pyridine rings is 1. The van der Waals surface area contributed by atoms with Gasteiger partial charge in [-0.25, -0.2) is 0 Å². The van der Waals surface area contributed by atoms with Crippen molar-refractivity contribution >= 4 is 10.9 Å². The number of phenols is 1. The molecule has 0 saturated heterocycles. The summed E-state index contributed by atoms with van der Waals surface area (Å²) in [5.74, 6) is 0.237. The highest BCUT2D eigenvalue weighted by molar-refractivity contribution is 5.78. The Kier molecular flexibility index (Phi) is 3.35. The van der Waals surface area contributed by atoms with E-state index in [1.54, 1.807) is 12.1 Å². The van der Waals surface area contributed by atoms with Gasteiger partial charge in [-0.05, 0) is 18.2 Å². The van der Waals surface area contributed by atoms with E-state index in [1.165, 1.54) is 0 Å². The molecule has 100 valence electrons. The smallest absolute Gasteiger partial charge is 0.120 e. The van der Waals surface area contributed by atoms with Crippen LogP contribution in [-0.4, -0.2) is 10.1 Å². The first-order chi connectivity index (χ1) is 9.74. The van der Waals surface area contributed by atoms with Crippen LogP contribution >= 0.6 is 0 Å². The Balaban J connectivity index is 1.87. The first-order valence-electron chi connectivity index (χ1n) is 6.62. The Morgan fingerprint density at radius 3 is 2.55 bits per heavy atom. The molecule has 0 saturated carbocycles. The zero-order valence-electron chi connectivity index (χ0n) is 11.0. The van der Waals surface area contributed by atoms with E-state index in [9.17, 15) is 5.11 Å². The molecule has 0 bridgehead atoms. The number of fused-ring (bicyclic) bond motifs is 1. The molecule has 0 aliphatic heterocycles. The third-order valence-corrected chi connectivity index (χ3v) is 3.42. The Bertz CT molecular complexity index is 740. The van der Waals surface area contributed by atoms with Crippen LogP contribution in [-0.2, 0) is 6.42 Å². The SMILES string of the molecule is N[C@H](Cc1ccc2ccccc2n1)c1ccccc1O. The number of phenolic OH excluding ortho intramolecular Hbond substituents is 1. The summed E-state index contributed by atoms with van der Waals surface area (Å²) in [5, 5.41) is 10.9. The molecule has 0 amide bonds. The number of hydrogen-bond acceptors (Lipinski definition) is 3. The van der Waals surface area contributed by atoms with Gasteiger partial charge in [0.25, 0.3) is 0 Å². The van der Waals surface area contributed by atoms with E-state index in [2.05, 4.69) is 11.1 Å². The van der Waals surface area contributed by atoms with Crippen molar-refractivity contribution in [3.63, 3.8) is 0 Å². The molecule has 0 radical (unpaired) electrons. The minimum Gasteiger partial charge on any atom is -0.508 e. The zero-order valence-corrected chi connectivity index (χ0v) is 11.0. The monoisotopic (exact) mass is 264 g/mol. The third-order valence-electron chi connectivity index (χ3n) is 3.42. The van der Waals surface area contributed by atoms with Crippen molar-refractivity contribution in [2.24, 2.45) is 5.73 Å². The van der Waals surface area contributed by atoms with Gasteiger partial charge in [0, 0.05) is 29.1 Å². The van der Waals surface area contributed by atoms with Gasteiger partial charge in [0.2, 0.25) is 0 Å². The van der Waals surface area contributed by atoms with Gasteiger partial charge >= 0.3 is 0 Å². The maximum atomic E-state index is 9.83. The van der Waals surface area contributed by atoms with E-state index in [-0.39, 0.29) is 11.8 Å². The van der Waals surface area contributed by atoms with Gasteiger partial charge in [-0.3, -0.25) is 4.98 Å². The van der Waals surface area contributed by atoms with E-state index in [0.29, 0.717) is 6.42 Å². The maximum Gasteiger partial charge on any atom is 0.120 e. The van der Waals surface area contributed by atoms with E-state index in [1.807, 2.05) is 42.5 Å². The molecule has 3 heteroatoms. The minimum absolute atomic E-state index is 0.237. The number of aromatic hydroxyl groups is 1. The average Bonchev–Trinajstić information content (AvgIpc) is 2.47. The number of para-hydroxylation sites is 2. The number of nitrogens with zero attached hydrogens (tertiary/aromatic N) is 1. The molecule has 3 nitrogen and oxygen atoms in total. The summed E-state index contributed by atoms with van der Waals surface area (Å²) in [7, 11) is 0. The van der Waals surface area contributed by atoms with Crippen LogP contribution in [0.1, 0.15) is 17.3 Å². The number of aromatic nitrogens is 1. The van der Waals surface area contributed by atoms with Crippen LogP contribution in [0.25, 0.3) is 10.9 Å². The molecular weight excluding hydrogens is 248 g/mol. The summed E-state index contributed by atoms with van der Waals surface area (Å²) in [6, 6.07) is 19.0. The quantitative estimate of drug-likeness (QED) is 0.763. The van der Waals surface area contributed by atoms with Gasteiger partial charge in [0.05, 0.1) is 5.52 Å². The summed E-state index contributed by atoms with van der Waals surface area (Å²) >= 11 is 0. The van der Waals surface area contributed by atoms with Crippen molar-refractivity contribution < 1.29 is 5.11 Å². The first kappa shape index (κ1) is 12.6.